The van der Waals surface area contributed by atoms with E-state index in [1.165, 1.54) is 13.3 Å². The highest BCUT2D eigenvalue weighted by Gasteiger charge is 2.70. The van der Waals surface area contributed by atoms with Crippen molar-refractivity contribution in [3.63, 3.8) is 0 Å². The molecule has 0 heterocycles. The molecular weight excluding hydrogens is 228 g/mol. The van der Waals surface area contributed by atoms with Gasteiger partial charge in [-0.05, 0) is 30.6 Å². The van der Waals surface area contributed by atoms with Crippen LogP contribution in [-0.4, -0.2) is 17.4 Å². The Hall–Kier alpha value is -0.860. The van der Waals surface area contributed by atoms with Crippen molar-refractivity contribution in [2.45, 2.75) is 58.5 Å². The first-order valence-electron chi connectivity index (χ1n) is 7.08. The van der Waals surface area contributed by atoms with Gasteiger partial charge in [0.15, 0.2) is 0 Å². The summed E-state index contributed by atoms with van der Waals surface area (Å²) in [6.45, 7) is 5.71. The van der Waals surface area contributed by atoms with Crippen molar-refractivity contribution in [3.05, 3.63) is 0 Å². The zero-order valence-electron chi connectivity index (χ0n) is 11.5. The van der Waals surface area contributed by atoms with Crippen LogP contribution < -0.4 is 0 Å². The molecule has 4 atom stereocenters. The van der Waals surface area contributed by atoms with Gasteiger partial charge < -0.3 is 4.74 Å². The van der Waals surface area contributed by atoms with Crippen LogP contribution in [0, 0.1) is 23.2 Å². The molecule has 2 unspecified atom stereocenters. The summed E-state index contributed by atoms with van der Waals surface area (Å²) < 4.78 is 5.74. The summed E-state index contributed by atoms with van der Waals surface area (Å²) in [5.41, 5.74) is -0.484. The zero-order valence-corrected chi connectivity index (χ0v) is 11.5. The van der Waals surface area contributed by atoms with Crippen molar-refractivity contribution in [2.75, 3.05) is 0 Å². The minimum Gasteiger partial charge on any atom is -0.458 e. The van der Waals surface area contributed by atoms with Crippen LogP contribution in [-0.2, 0) is 14.3 Å². The molecular formula is C15H22O3. The number of ether oxygens (including phenoxy) is 1. The fourth-order valence-electron chi connectivity index (χ4n) is 5.06. The van der Waals surface area contributed by atoms with Crippen molar-refractivity contribution >= 4 is 11.8 Å². The van der Waals surface area contributed by atoms with Gasteiger partial charge in [0.05, 0.1) is 5.92 Å². The molecule has 3 saturated carbocycles. The number of carbonyl (C=O) groups is 2. The highest BCUT2D eigenvalue weighted by molar-refractivity contribution is 5.86. The molecule has 18 heavy (non-hydrogen) atoms. The third-order valence-electron chi connectivity index (χ3n) is 5.24. The number of fused-ring (bicyclic) bond motifs is 4. The molecule has 0 aromatic rings. The molecule has 0 amide bonds. The van der Waals surface area contributed by atoms with E-state index in [1.54, 1.807) is 0 Å². The lowest BCUT2D eigenvalue weighted by Gasteiger charge is -2.62. The molecule has 0 aromatic carbocycles. The van der Waals surface area contributed by atoms with E-state index in [9.17, 15) is 9.59 Å². The second-order valence-electron chi connectivity index (χ2n) is 7.21. The van der Waals surface area contributed by atoms with Crippen LogP contribution in [0.4, 0.5) is 0 Å². The number of ketones is 1. The predicted octanol–water partition coefficient (Wildman–Crippen LogP) is 2.72. The largest absolute Gasteiger partial charge is 0.458 e. The van der Waals surface area contributed by atoms with E-state index >= 15 is 0 Å². The molecule has 0 radical (unpaired) electrons. The molecule has 0 aromatic heterocycles. The van der Waals surface area contributed by atoms with Gasteiger partial charge in [-0.2, -0.15) is 0 Å². The van der Waals surface area contributed by atoms with E-state index in [1.807, 2.05) is 0 Å². The van der Waals surface area contributed by atoms with Crippen LogP contribution in [0.25, 0.3) is 0 Å². The zero-order chi connectivity index (χ0) is 13.1. The smallest absolute Gasteiger partial charge is 0.303 e. The lowest BCUT2D eigenvalue weighted by molar-refractivity contribution is -0.236. The summed E-state index contributed by atoms with van der Waals surface area (Å²) in [6, 6.07) is 0. The standard InChI is InChI=1S/C15H22O3/c1-9(16)18-15-8-14(2,3)7-12(17)13(15)10-5-4-6-11(10)15/h10-11,13H,4-8H2,1-3H3/t10?,11?,13-,15+/m0/s1. The number of hydrogen-bond acceptors (Lipinski definition) is 3. The minimum atomic E-state index is -0.453. The van der Waals surface area contributed by atoms with Crippen molar-refractivity contribution in [3.8, 4) is 0 Å². The Labute approximate surface area is 108 Å². The predicted molar refractivity (Wildman–Crippen MR) is 66.8 cm³/mol. The van der Waals surface area contributed by atoms with Crippen LogP contribution in [0.3, 0.4) is 0 Å². The van der Waals surface area contributed by atoms with Crippen molar-refractivity contribution < 1.29 is 14.3 Å². The van der Waals surface area contributed by atoms with Crippen LogP contribution in [0.1, 0.15) is 52.9 Å². The van der Waals surface area contributed by atoms with Crippen molar-refractivity contribution in [2.24, 2.45) is 23.2 Å². The molecule has 3 nitrogen and oxygen atoms in total. The Bertz CT molecular complexity index is 412. The highest BCUT2D eigenvalue weighted by Crippen LogP contribution is 2.66. The summed E-state index contributed by atoms with van der Waals surface area (Å²) in [4.78, 5) is 23.9. The van der Waals surface area contributed by atoms with Crippen LogP contribution >= 0.6 is 0 Å². The van der Waals surface area contributed by atoms with Crippen LogP contribution in [0.15, 0.2) is 0 Å². The van der Waals surface area contributed by atoms with Crippen molar-refractivity contribution in [1.82, 2.24) is 0 Å². The molecule has 0 N–H and O–H groups in total. The SMILES string of the molecule is CC(=O)O[C@@]12CC(C)(C)CC(=O)[C@@H]1C1CCCC12. The van der Waals surface area contributed by atoms with Gasteiger partial charge in [0.2, 0.25) is 0 Å². The highest BCUT2D eigenvalue weighted by atomic mass is 16.6. The molecule has 0 bridgehead atoms. The second-order valence-corrected chi connectivity index (χ2v) is 7.21. The topological polar surface area (TPSA) is 43.4 Å². The first kappa shape index (κ1) is 12.2. The Morgan fingerprint density at radius 1 is 1.33 bits per heavy atom. The van der Waals surface area contributed by atoms with Gasteiger partial charge in [-0.15, -0.1) is 0 Å². The van der Waals surface area contributed by atoms with Gasteiger partial charge in [0, 0.05) is 19.3 Å². The van der Waals surface area contributed by atoms with E-state index in [4.69, 9.17) is 4.74 Å². The lowest BCUT2D eigenvalue weighted by Crippen LogP contribution is -2.69. The Morgan fingerprint density at radius 3 is 2.72 bits per heavy atom. The minimum absolute atomic E-state index is 0.00178. The summed E-state index contributed by atoms with van der Waals surface area (Å²) in [6.07, 6.45) is 4.95. The van der Waals surface area contributed by atoms with Gasteiger partial charge in [-0.1, -0.05) is 20.3 Å². The summed E-state index contributed by atoms with van der Waals surface area (Å²) >= 11 is 0. The quantitative estimate of drug-likeness (QED) is 0.672. The van der Waals surface area contributed by atoms with Crippen LogP contribution in [0.2, 0.25) is 0 Å². The molecule has 100 valence electrons. The first-order valence-corrected chi connectivity index (χ1v) is 7.08. The van der Waals surface area contributed by atoms with E-state index < -0.39 is 5.60 Å². The lowest BCUT2D eigenvalue weighted by atomic mass is 9.45. The molecule has 3 fully saturated rings. The Balaban J connectivity index is 1.97. The molecule has 0 saturated heterocycles. The number of carbonyl (C=O) groups excluding carboxylic acids is 2. The number of rotatable bonds is 1. The van der Waals surface area contributed by atoms with Gasteiger partial charge >= 0.3 is 5.97 Å². The molecule has 3 aliphatic carbocycles. The van der Waals surface area contributed by atoms with E-state index in [2.05, 4.69) is 13.8 Å². The van der Waals surface area contributed by atoms with E-state index in [-0.39, 0.29) is 17.3 Å². The number of Topliss-reactive ketones (excluding diaryl/α,β-unsaturated/α-hetero) is 1. The third-order valence-corrected chi connectivity index (χ3v) is 5.24. The average Bonchev–Trinajstić information content (AvgIpc) is 2.57. The maximum atomic E-state index is 12.4. The van der Waals surface area contributed by atoms with Gasteiger partial charge in [-0.3, -0.25) is 9.59 Å². The van der Waals surface area contributed by atoms with E-state index in [0.717, 1.165) is 19.3 Å². The summed E-state index contributed by atoms with van der Waals surface area (Å²) in [7, 11) is 0. The monoisotopic (exact) mass is 250 g/mol. The Morgan fingerprint density at radius 2 is 2.06 bits per heavy atom. The Kier molecular flexibility index (Phi) is 2.43. The summed E-state index contributed by atoms with van der Waals surface area (Å²) in [5.74, 6) is 1.04. The molecule has 0 aliphatic heterocycles. The average molecular weight is 250 g/mol. The second kappa shape index (κ2) is 3.58. The third kappa shape index (κ3) is 1.49. The fourth-order valence-corrected chi connectivity index (χ4v) is 5.06. The van der Waals surface area contributed by atoms with Crippen LogP contribution in [0.5, 0.6) is 0 Å². The van der Waals surface area contributed by atoms with E-state index in [0.29, 0.717) is 24.0 Å². The maximum Gasteiger partial charge on any atom is 0.303 e. The fraction of sp³-hybridized carbons (Fsp3) is 0.867. The molecule has 3 rings (SSSR count). The first-order chi connectivity index (χ1) is 8.36. The van der Waals surface area contributed by atoms with Gasteiger partial charge in [0.1, 0.15) is 11.4 Å². The normalized spacial score (nSPS) is 44.8. The molecule has 3 heteroatoms. The maximum absolute atomic E-state index is 12.4. The number of hydrogen-bond donors (Lipinski definition) is 0. The van der Waals surface area contributed by atoms with Gasteiger partial charge in [-0.25, -0.2) is 0 Å². The molecule has 3 aliphatic rings. The number of esters is 1. The summed E-state index contributed by atoms with van der Waals surface area (Å²) in [5, 5.41) is 0. The van der Waals surface area contributed by atoms with Gasteiger partial charge in [0.25, 0.3) is 0 Å². The molecule has 0 spiro atoms. The van der Waals surface area contributed by atoms with Crippen molar-refractivity contribution in [1.29, 1.82) is 0 Å².